The van der Waals surface area contributed by atoms with E-state index in [-0.39, 0.29) is 35.9 Å². The van der Waals surface area contributed by atoms with Crippen molar-refractivity contribution < 1.29 is 28.9 Å². The van der Waals surface area contributed by atoms with E-state index in [1.54, 1.807) is 12.1 Å². The number of likely N-dealkylation sites (tertiary alicyclic amines) is 1. The molecule has 1 aromatic rings. The first kappa shape index (κ1) is 27.2. The van der Waals surface area contributed by atoms with Crippen molar-refractivity contribution in [3.8, 4) is 11.5 Å². The van der Waals surface area contributed by atoms with Gasteiger partial charge in [0.1, 0.15) is 0 Å². The number of rotatable bonds is 10. The highest BCUT2D eigenvalue weighted by Gasteiger charge is 2.57. The molecule has 202 valence electrons. The molecule has 3 aliphatic rings. The summed E-state index contributed by atoms with van der Waals surface area (Å²) in [5.41, 5.74) is 2.01. The van der Waals surface area contributed by atoms with Gasteiger partial charge in [0.05, 0.1) is 20.8 Å². The number of ether oxygens (including phenoxy) is 3. The summed E-state index contributed by atoms with van der Waals surface area (Å²) < 4.78 is 16.5. The second-order valence-corrected chi connectivity index (χ2v) is 10.8. The van der Waals surface area contributed by atoms with Crippen LogP contribution in [0.15, 0.2) is 24.0 Å². The largest absolute Gasteiger partial charge is 0.504 e. The predicted molar refractivity (Wildman–Crippen MR) is 143 cm³/mol. The number of aromatic hydroxyl groups is 1. The van der Waals surface area contributed by atoms with Gasteiger partial charge in [-0.1, -0.05) is 33.1 Å². The maximum Gasteiger partial charge on any atom is 0.330 e. The summed E-state index contributed by atoms with van der Waals surface area (Å²) in [6.45, 7) is 5.54. The van der Waals surface area contributed by atoms with Gasteiger partial charge in [0.15, 0.2) is 23.0 Å². The van der Waals surface area contributed by atoms with Crippen LogP contribution in [0, 0.1) is 11.8 Å². The van der Waals surface area contributed by atoms with Crippen LogP contribution in [0.5, 0.6) is 11.5 Å². The first-order valence-electron chi connectivity index (χ1n) is 13.6. The number of phenols is 1. The first-order chi connectivity index (χ1) is 17.8. The van der Waals surface area contributed by atoms with Crippen LogP contribution in [0.25, 0.3) is 6.08 Å². The third-order valence-electron chi connectivity index (χ3n) is 8.77. The number of methoxy groups -OCH3 is 2. The first-order valence-corrected chi connectivity index (χ1v) is 13.6. The van der Waals surface area contributed by atoms with E-state index >= 15 is 0 Å². The van der Waals surface area contributed by atoms with Gasteiger partial charge in [0, 0.05) is 35.4 Å². The van der Waals surface area contributed by atoms with Crippen molar-refractivity contribution in [2.75, 3.05) is 34.4 Å². The molecule has 1 unspecified atom stereocenters. The molecule has 0 amide bonds. The van der Waals surface area contributed by atoms with Crippen molar-refractivity contribution in [2.24, 2.45) is 11.8 Å². The summed E-state index contributed by atoms with van der Waals surface area (Å²) in [6, 6.07) is 1.93. The van der Waals surface area contributed by atoms with Crippen LogP contribution in [0.3, 0.4) is 0 Å². The highest BCUT2D eigenvalue weighted by molar-refractivity contribution is 5.96. The lowest BCUT2D eigenvalue weighted by molar-refractivity contribution is -0.139. The molecule has 4 rings (SSSR count). The quantitative estimate of drug-likeness (QED) is 0.357. The molecule has 1 N–H and O–H groups in total. The number of phenolic OH excluding ortho intramolecular Hbond substituents is 1. The summed E-state index contributed by atoms with van der Waals surface area (Å²) in [7, 11) is 5.16. The third-order valence-corrected chi connectivity index (χ3v) is 8.77. The van der Waals surface area contributed by atoms with Crippen molar-refractivity contribution in [1.82, 2.24) is 4.90 Å². The van der Waals surface area contributed by atoms with Gasteiger partial charge in [0.25, 0.3) is 0 Å². The number of Topliss-reactive ketones (excluding diaryl/α,β-unsaturated/α-hetero) is 1. The van der Waals surface area contributed by atoms with E-state index in [4.69, 9.17) is 14.2 Å². The fourth-order valence-electron chi connectivity index (χ4n) is 6.58. The number of carbonyl (C=O) groups excluding carboxylic acids is 2. The topological polar surface area (TPSA) is 85.3 Å². The maximum absolute atomic E-state index is 13.1. The SMILES string of the molecule is CCCCC(CC)COC(=O)/C=C/c1cc(OC)c(O)c2c1C[C@@H]1[C@@H]3C=C(OC)C(=O)C[C@]23CCN1C. The summed E-state index contributed by atoms with van der Waals surface area (Å²) >= 11 is 0. The van der Waals surface area contributed by atoms with Gasteiger partial charge in [-0.2, -0.15) is 0 Å². The highest BCUT2D eigenvalue weighted by Crippen LogP contribution is 2.58. The molecule has 1 aromatic carbocycles. The van der Waals surface area contributed by atoms with Gasteiger partial charge in [-0.05, 0) is 68.1 Å². The molecular formula is C30H41NO6. The molecule has 4 atom stereocenters. The van der Waals surface area contributed by atoms with Gasteiger partial charge in [-0.15, -0.1) is 0 Å². The molecule has 1 saturated heterocycles. The molecule has 0 saturated carbocycles. The van der Waals surface area contributed by atoms with Crippen LogP contribution < -0.4 is 4.74 Å². The fourth-order valence-corrected chi connectivity index (χ4v) is 6.58. The minimum atomic E-state index is -0.542. The Balaban J connectivity index is 1.70. The fraction of sp³-hybridized carbons (Fsp3) is 0.600. The van der Waals surface area contributed by atoms with E-state index in [1.807, 2.05) is 6.08 Å². The van der Waals surface area contributed by atoms with Crippen LogP contribution >= 0.6 is 0 Å². The summed E-state index contributed by atoms with van der Waals surface area (Å²) in [5, 5.41) is 11.4. The normalized spacial score (nSPS) is 25.8. The van der Waals surface area contributed by atoms with Crippen molar-refractivity contribution >= 4 is 17.8 Å². The number of piperidine rings is 1. The van der Waals surface area contributed by atoms with E-state index in [2.05, 4.69) is 25.8 Å². The summed E-state index contributed by atoms with van der Waals surface area (Å²) in [6.07, 6.45) is 11.2. The van der Waals surface area contributed by atoms with Crippen LogP contribution in [-0.4, -0.2) is 62.2 Å². The van der Waals surface area contributed by atoms with Gasteiger partial charge in [-0.25, -0.2) is 4.79 Å². The smallest absolute Gasteiger partial charge is 0.330 e. The van der Waals surface area contributed by atoms with Gasteiger partial charge >= 0.3 is 5.97 Å². The number of nitrogens with zero attached hydrogens (tertiary/aromatic N) is 1. The molecule has 2 bridgehead atoms. The number of ketones is 1. The average molecular weight is 512 g/mol. The molecule has 1 heterocycles. The number of likely N-dealkylation sites (N-methyl/N-ethyl adjacent to an activating group) is 1. The molecular weight excluding hydrogens is 470 g/mol. The molecule has 7 nitrogen and oxygen atoms in total. The van der Waals surface area contributed by atoms with Gasteiger partial charge < -0.3 is 24.2 Å². The van der Waals surface area contributed by atoms with E-state index in [0.29, 0.717) is 30.5 Å². The monoisotopic (exact) mass is 511 g/mol. The minimum absolute atomic E-state index is 0.0281. The van der Waals surface area contributed by atoms with Crippen LogP contribution in [0.1, 0.15) is 69.1 Å². The molecule has 1 fully saturated rings. The molecule has 0 spiro atoms. The van der Waals surface area contributed by atoms with Crippen molar-refractivity contribution in [3.05, 3.63) is 40.7 Å². The number of hydrogen-bond acceptors (Lipinski definition) is 7. The number of allylic oxidation sites excluding steroid dienone is 1. The Morgan fingerprint density at radius 2 is 2.08 bits per heavy atom. The Kier molecular flexibility index (Phi) is 8.32. The lowest BCUT2D eigenvalue weighted by Gasteiger charge is -2.56. The standard InChI is InChI=1S/C30H41NO6/c1-6-8-9-19(7-2)18-37-27(33)11-10-20-14-26(36-5)29(34)28-21(20)15-23-22-16-25(35-4)24(32)17-30(22,28)12-13-31(23)3/h10-11,14,16,19,22-23,34H,6-9,12-13,15,17-18H2,1-5H3/b11-10+/t19?,22-,23+,30-/m0/s1. The van der Waals surface area contributed by atoms with E-state index in [1.165, 1.54) is 20.3 Å². The Morgan fingerprint density at radius 1 is 1.30 bits per heavy atom. The van der Waals surface area contributed by atoms with E-state index in [9.17, 15) is 14.7 Å². The van der Waals surface area contributed by atoms with Gasteiger partial charge in [0.2, 0.25) is 0 Å². The van der Waals surface area contributed by atoms with Crippen LogP contribution in [0.2, 0.25) is 0 Å². The zero-order valence-corrected chi connectivity index (χ0v) is 22.8. The number of carbonyl (C=O) groups is 2. The zero-order valence-electron chi connectivity index (χ0n) is 22.8. The molecule has 1 aliphatic heterocycles. The number of fused-ring (bicyclic) bond motifs is 1. The number of hydrogen-bond donors (Lipinski definition) is 1. The second kappa shape index (κ2) is 11.3. The molecule has 37 heavy (non-hydrogen) atoms. The summed E-state index contributed by atoms with van der Waals surface area (Å²) in [4.78, 5) is 28.0. The van der Waals surface area contributed by atoms with Crippen molar-refractivity contribution in [3.63, 3.8) is 0 Å². The highest BCUT2D eigenvalue weighted by atomic mass is 16.5. The van der Waals surface area contributed by atoms with Crippen LogP contribution in [0.4, 0.5) is 0 Å². The molecule has 0 aromatic heterocycles. The number of benzene rings is 1. The minimum Gasteiger partial charge on any atom is -0.504 e. The van der Waals surface area contributed by atoms with Crippen LogP contribution in [-0.2, 0) is 30.9 Å². The Morgan fingerprint density at radius 3 is 2.76 bits per heavy atom. The second-order valence-electron chi connectivity index (χ2n) is 10.8. The number of unbranched alkanes of at least 4 members (excludes halogenated alkanes) is 1. The predicted octanol–water partition coefficient (Wildman–Crippen LogP) is 4.79. The molecule has 0 radical (unpaired) electrons. The Bertz CT molecular complexity index is 1090. The molecule has 2 aliphatic carbocycles. The average Bonchev–Trinajstić information content (AvgIpc) is 2.89. The van der Waals surface area contributed by atoms with E-state index in [0.717, 1.165) is 55.3 Å². The number of esters is 1. The molecule has 7 heteroatoms. The Labute approximate surface area is 220 Å². The maximum atomic E-state index is 13.1. The lowest BCUT2D eigenvalue weighted by atomic mass is 9.53. The van der Waals surface area contributed by atoms with Gasteiger partial charge in [-0.3, -0.25) is 4.79 Å². The lowest BCUT2D eigenvalue weighted by Crippen LogP contribution is -2.60. The van der Waals surface area contributed by atoms with Crippen molar-refractivity contribution in [2.45, 2.75) is 70.3 Å². The zero-order chi connectivity index (χ0) is 26.7. The Hall–Kier alpha value is -2.80. The van der Waals surface area contributed by atoms with E-state index < -0.39 is 5.41 Å². The third kappa shape index (κ3) is 5.02. The van der Waals surface area contributed by atoms with Crippen molar-refractivity contribution in [1.29, 1.82) is 0 Å². The summed E-state index contributed by atoms with van der Waals surface area (Å²) in [5.74, 6) is 0.815.